The minimum atomic E-state index is -0.388. The zero-order valence-electron chi connectivity index (χ0n) is 6.93. The van der Waals surface area contributed by atoms with E-state index in [1.807, 2.05) is 0 Å². The van der Waals surface area contributed by atoms with Gasteiger partial charge >= 0.3 is 0 Å². The van der Waals surface area contributed by atoms with Crippen LogP contribution in [0.2, 0.25) is 0 Å². The minimum Gasteiger partial charge on any atom is -0.379 e. The Kier molecular flexibility index (Phi) is 1.67. The molecule has 1 saturated carbocycles. The van der Waals surface area contributed by atoms with Gasteiger partial charge in [-0.25, -0.2) is 0 Å². The summed E-state index contributed by atoms with van der Waals surface area (Å²) in [6.07, 6.45) is 5.04. The molecule has 0 aromatic rings. The molecule has 2 unspecified atom stereocenters. The van der Waals surface area contributed by atoms with Crippen LogP contribution in [-0.2, 0) is 0 Å². The predicted octanol–water partition coefficient (Wildman–Crippen LogP) is 0.156. The summed E-state index contributed by atoms with van der Waals surface area (Å²) in [5, 5.41) is 15.6. The number of nitrogens with one attached hydrogen (secondary N) is 2. The first-order chi connectivity index (χ1) is 5.20. The molecule has 2 atom stereocenters. The van der Waals surface area contributed by atoms with Crippen molar-refractivity contribution in [1.82, 2.24) is 10.6 Å². The van der Waals surface area contributed by atoms with E-state index in [0.29, 0.717) is 11.7 Å². The lowest BCUT2D eigenvalue weighted by atomic mass is 10.2. The van der Waals surface area contributed by atoms with E-state index in [2.05, 4.69) is 10.6 Å². The van der Waals surface area contributed by atoms with Crippen molar-refractivity contribution in [2.75, 3.05) is 0 Å². The lowest BCUT2D eigenvalue weighted by molar-refractivity contribution is 0.135. The van der Waals surface area contributed by atoms with Crippen molar-refractivity contribution in [3.8, 4) is 0 Å². The maximum absolute atomic E-state index is 9.05. The van der Waals surface area contributed by atoms with Gasteiger partial charge in [0.2, 0.25) is 0 Å². The topological polar surface area (TPSA) is 44.3 Å². The first-order valence-corrected chi connectivity index (χ1v) is 4.42. The third-order valence-corrected chi connectivity index (χ3v) is 2.69. The van der Waals surface area contributed by atoms with Crippen molar-refractivity contribution < 1.29 is 5.11 Å². The standard InChI is InChI=1S/C8H16N2O/c1-6(11)9-7-2-3-8(10-7)4-5-8/h6-7,9-11H,2-5H2,1H3. The number of aliphatic hydroxyl groups excluding tert-OH is 1. The van der Waals surface area contributed by atoms with Gasteiger partial charge in [-0.15, -0.1) is 0 Å². The molecule has 0 radical (unpaired) electrons. The van der Waals surface area contributed by atoms with Crippen molar-refractivity contribution in [1.29, 1.82) is 0 Å². The molecule has 0 amide bonds. The summed E-state index contributed by atoms with van der Waals surface area (Å²) < 4.78 is 0. The molecule has 1 spiro atoms. The number of aliphatic hydroxyl groups is 1. The average Bonchev–Trinajstić information content (AvgIpc) is 2.51. The van der Waals surface area contributed by atoms with Crippen LogP contribution in [0.1, 0.15) is 32.6 Å². The third-order valence-electron chi connectivity index (χ3n) is 2.69. The second-order valence-electron chi connectivity index (χ2n) is 3.86. The molecule has 0 aromatic carbocycles. The van der Waals surface area contributed by atoms with E-state index in [9.17, 15) is 0 Å². The van der Waals surface area contributed by atoms with Crippen LogP contribution in [0.5, 0.6) is 0 Å². The highest BCUT2D eigenvalue weighted by molar-refractivity contribution is 5.07. The van der Waals surface area contributed by atoms with Crippen LogP contribution in [0, 0.1) is 0 Å². The third kappa shape index (κ3) is 1.55. The fourth-order valence-electron chi connectivity index (χ4n) is 1.90. The molecule has 2 aliphatic rings. The highest BCUT2D eigenvalue weighted by Gasteiger charge is 2.47. The molecule has 3 heteroatoms. The molecule has 3 nitrogen and oxygen atoms in total. The predicted molar refractivity (Wildman–Crippen MR) is 42.9 cm³/mol. The van der Waals surface area contributed by atoms with E-state index < -0.39 is 0 Å². The van der Waals surface area contributed by atoms with Gasteiger partial charge < -0.3 is 5.11 Å². The van der Waals surface area contributed by atoms with Gasteiger partial charge in [0, 0.05) is 5.54 Å². The van der Waals surface area contributed by atoms with E-state index >= 15 is 0 Å². The summed E-state index contributed by atoms with van der Waals surface area (Å²) in [4.78, 5) is 0. The maximum atomic E-state index is 9.05. The van der Waals surface area contributed by atoms with Crippen LogP contribution >= 0.6 is 0 Å². The first kappa shape index (κ1) is 7.53. The lowest BCUT2D eigenvalue weighted by Crippen LogP contribution is -2.45. The quantitative estimate of drug-likeness (QED) is 0.499. The average molecular weight is 156 g/mol. The summed E-state index contributed by atoms with van der Waals surface area (Å²) in [6, 6.07) is 0. The van der Waals surface area contributed by atoms with Crippen molar-refractivity contribution in [2.45, 2.75) is 50.5 Å². The molecule has 1 aliphatic heterocycles. The van der Waals surface area contributed by atoms with E-state index in [0.717, 1.165) is 6.42 Å². The Bertz CT molecular complexity index is 154. The zero-order valence-corrected chi connectivity index (χ0v) is 6.93. The molecule has 1 aliphatic carbocycles. The summed E-state index contributed by atoms with van der Waals surface area (Å²) in [7, 11) is 0. The molecule has 0 aromatic heterocycles. The van der Waals surface area contributed by atoms with E-state index in [4.69, 9.17) is 5.11 Å². The van der Waals surface area contributed by atoms with Gasteiger partial charge in [0.15, 0.2) is 0 Å². The van der Waals surface area contributed by atoms with Crippen LogP contribution in [0.25, 0.3) is 0 Å². The second-order valence-corrected chi connectivity index (χ2v) is 3.86. The molecule has 11 heavy (non-hydrogen) atoms. The molecular formula is C8H16N2O. The highest BCUT2D eigenvalue weighted by Crippen LogP contribution is 2.43. The first-order valence-electron chi connectivity index (χ1n) is 4.42. The van der Waals surface area contributed by atoms with Crippen molar-refractivity contribution >= 4 is 0 Å². The smallest absolute Gasteiger partial charge is 0.103 e. The molecule has 0 bridgehead atoms. The molecule has 1 heterocycles. The van der Waals surface area contributed by atoms with Crippen molar-refractivity contribution in [2.24, 2.45) is 0 Å². The van der Waals surface area contributed by atoms with E-state index in [1.54, 1.807) is 6.92 Å². The zero-order chi connectivity index (χ0) is 7.90. The fourth-order valence-corrected chi connectivity index (χ4v) is 1.90. The van der Waals surface area contributed by atoms with E-state index in [1.165, 1.54) is 19.3 Å². The minimum absolute atomic E-state index is 0.345. The Balaban J connectivity index is 1.80. The summed E-state index contributed by atoms with van der Waals surface area (Å²) in [5.41, 5.74) is 0.479. The van der Waals surface area contributed by atoms with Gasteiger partial charge in [0.25, 0.3) is 0 Å². The molecule has 64 valence electrons. The Morgan fingerprint density at radius 1 is 1.55 bits per heavy atom. The number of hydrogen-bond acceptors (Lipinski definition) is 3. The van der Waals surface area contributed by atoms with Crippen LogP contribution in [-0.4, -0.2) is 23.0 Å². The van der Waals surface area contributed by atoms with Crippen LogP contribution in [0.4, 0.5) is 0 Å². The second kappa shape index (κ2) is 2.44. The summed E-state index contributed by atoms with van der Waals surface area (Å²) >= 11 is 0. The van der Waals surface area contributed by atoms with E-state index in [-0.39, 0.29) is 6.23 Å². The van der Waals surface area contributed by atoms with Gasteiger partial charge in [0.05, 0.1) is 6.17 Å². The Morgan fingerprint density at radius 3 is 2.73 bits per heavy atom. The molecule has 3 N–H and O–H groups in total. The van der Waals surface area contributed by atoms with Gasteiger partial charge in [-0.1, -0.05) is 0 Å². The monoisotopic (exact) mass is 156 g/mol. The summed E-state index contributed by atoms with van der Waals surface area (Å²) in [6.45, 7) is 1.76. The molecule has 1 saturated heterocycles. The fraction of sp³-hybridized carbons (Fsp3) is 1.00. The number of hydrogen-bond donors (Lipinski definition) is 3. The Labute approximate surface area is 67.2 Å². The van der Waals surface area contributed by atoms with Crippen molar-refractivity contribution in [3.05, 3.63) is 0 Å². The molecule has 2 rings (SSSR count). The van der Waals surface area contributed by atoms with Gasteiger partial charge in [-0.05, 0) is 32.6 Å². The largest absolute Gasteiger partial charge is 0.379 e. The number of rotatable bonds is 2. The van der Waals surface area contributed by atoms with Crippen LogP contribution < -0.4 is 10.6 Å². The van der Waals surface area contributed by atoms with Crippen LogP contribution in [0.3, 0.4) is 0 Å². The maximum Gasteiger partial charge on any atom is 0.103 e. The van der Waals surface area contributed by atoms with Gasteiger partial charge in [0.1, 0.15) is 6.23 Å². The van der Waals surface area contributed by atoms with Gasteiger partial charge in [-0.3, -0.25) is 10.6 Å². The Morgan fingerprint density at radius 2 is 2.27 bits per heavy atom. The Hall–Kier alpha value is -0.120. The SMILES string of the molecule is CC(O)NC1CCC2(CC2)N1. The molecular weight excluding hydrogens is 140 g/mol. The summed E-state index contributed by atoms with van der Waals surface area (Å²) in [5.74, 6) is 0. The van der Waals surface area contributed by atoms with Crippen LogP contribution in [0.15, 0.2) is 0 Å². The van der Waals surface area contributed by atoms with Gasteiger partial charge in [-0.2, -0.15) is 0 Å². The highest BCUT2D eigenvalue weighted by atomic mass is 16.3. The lowest BCUT2D eigenvalue weighted by Gasteiger charge is -2.16. The molecule has 2 fully saturated rings. The van der Waals surface area contributed by atoms with Crippen molar-refractivity contribution in [3.63, 3.8) is 0 Å². The normalized spacial score (nSPS) is 36.0.